The van der Waals surface area contributed by atoms with E-state index in [1.54, 1.807) is 17.9 Å². The predicted octanol–water partition coefficient (Wildman–Crippen LogP) is 3.97. The van der Waals surface area contributed by atoms with E-state index in [0.29, 0.717) is 49.4 Å². The molecule has 0 radical (unpaired) electrons. The fourth-order valence-electron chi connectivity index (χ4n) is 3.99. The molecular formula is C26H27NO7. The van der Waals surface area contributed by atoms with Crippen molar-refractivity contribution in [2.24, 2.45) is 5.92 Å². The van der Waals surface area contributed by atoms with Gasteiger partial charge in [-0.3, -0.25) is 9.59 Å². The van der Waals surface area contributed by atoms with Crippen LogP contribution in [0.2, 0.25) is 0 Å². The van der Waals surface area contributed by atoms with Gasteiger partial charge in [0.1, 0.15) is 17.9 Å². The molecule has 34 heavy (non-hydrogen) atoms. The first-order chi connectivity index (χ1) is 16.6. The number of rotatable bonds is 8. The Morgan fingerprint density at radius 1 is 0.971 bits per heavy atom. The van der Waals surface area contributed by atoms with Crippen molar-refractivity contribution in [3.05, 3.63) is 65.9 Å². The van der Waals surface area contributed by atoms with E-state index < -0.39 is 12.6 Å². The molecule has 8 nitrogen and oxygen atoms in total. The standard InChI is InChI=1S/C26H27NO7/c1-2-31-25(29)18-12-14-27(15-13-18)23(28)17-33-26(30)24-21(16-32-19-8-4-3-5-9-19)20-10-6-7-11-22(20)34-24/h3-11,18H,2,12-17H2,1H3. The Balaban J connectivity index is 1.38. The molecule has 1 aliphatic rings. The Labute approximate surface area is 197 Å². The number of likely N-dealkylation sites (tertiary alicyclic amines) is 1. The van der Waals surface area contributed by atoms with Crippen LogP contribution in [0.3, 0.4) is 0 Å². The summed E-state index contributed by atoms with van der Waals surface area (Å²) in [5.74, 6) is -0.781. The number of hydrogen-bond acceptors (Lipinski definition) is 7. The number of nitrogens with zero attached hydrogens (tertiary/aromatic N) is 1. The highest BCUT2D eigenvalue weighted by Crippen LogP contribution is 2.28. The molecule has 0 aliphatic carbocycles. The molecule has 1 fully saturated rings. The monoisotopic (exact) mass is 465 g/mol. The molecule has 0 unspecified atom stereocenters. The van der Waals surface area contributed by atoms with Crippen LogP contribution < -0.4 is 4.74 Å². The van der Waals surface area contributed by atoms with E-state index in [2.05, 4.69) is 0 Å². The lowest BCUT2D eigenvalue weighted by molar-refractivity contribution is -0.151. The first kappa shape index (κ1) is 23.4. The van der Waals surface area contributed by atoms with Crippen LogP contribution in [0, 0.1) is 5.92 Å². The van der Waals surface area contributed by atoms with Gasteiger partial charge in [0.25, 0.3) is 5.91 Å². The molecule has 0 saturated carbocycles. The van der Waals surface area contributed by atoms with E-state index in [9.17, 15) is 14.4 Å². The minimum absolute atomic E-state index is 0.0194. The maximum Gasteiger partial charge on any atom is 0.375 e. The highest BCUT2D eigenvalue weighted by atomic mass is 16.6. The molecule has 3 aromatic rings. The molecule has 1 aromatic heterocycles. The number of carbonyl (C=O) groups excluding carboxylic acids is 3. The van der Waals surface area contributed by atoms with E-state index in [-0.39, 0.29) is 30.2 Å². The van der Waals surface area contributed by atoms with Crippen molar-refractivity contribution in [2.45, 2.75) is 26.4 Å². The average Bonchev–Trinajstić information content (AvgIpc) is 3.25. The van der Waals surface area contributed by atoms with Gasteiger partial charge in [0.2, 0.25) is 5.76 Å². The lowest BCUT2D eigenvalue weighted by Crippen LogP contribution is -2.42. The second kappa shape index (κ2) is 10.9. The van der Waals surface area contributed by atoms with Gasteiger partial charge < -0.3 is 23.5 Å². The Hall–Kier alpha value is -3.81. The number of furan rings is 1. The zero-order valence-electron chi connectivity index (χ0n) is 19.0. The van der Waals surface area contributed by atoms with E-state index in [1.165, 1.54) is 0 Å². The molecule has 1 saturated heterocycles. The lowest BCUT2D eigenvalue weighted by atomic mass is 9.97. The van der Waals surface area contributed by atoms with Crippen molar-refractivity contribution >= 4 is 28.8 Å². The van der Waals surface area contributed by atoms with Gasteiger partial charge in [-0.1, -0.05) is 36.4 Å². The number of benzene rings is 2. The highest BCUT2D eigenvalue weighted by molar-refractivity contribution is 5.97. The normalized spacial score (nSPS) is 14.1. The molecule has 0 atom stereocenters. The number of piperidine rings is 1. The van der Waals surface area contributed by atoms with Gasteiger partial charge in [0.05, 0.1) is 18.1 Å². The molecule has 4 rings (SSSR count). The van der Waals surface area contributed by atoms with E-state index in [4.69, 9.17) is 18.6 Å². The molecule has 2 aromatic carbocycles. The largest absolute Gasteiger partial charge is 0.489 e. The van der Waals surface area contributed by atoms with Crippen molar-refractivity contribution in [1.29, 1.82) is 0 Å². The Bertz CT molecular complexity index is 1150. The summed E-state index contributed by atoms with van der Waals surface area (Å²) >= 11 is 0. The van der Waals surface area contributed by atoms with Gasteiger partial charge in [0.15, 0.2) is 6.61 Å². The molecule has 8 heteroatoms. The Morgan fingerprint density at radius 2 is 1.68 bits per heavy atom. The zero-order chi connectivity index (χ0) is 23.9. The van der Waals surface area contributed by atoms with Gasteiger partial charge in [-0.25, -0.2) is 4.79 Å². The third-order valence-corrected chi connectivity index (χ3v) is 5.80. The second-order valence-corrected chi connectivity index (χ2v) is 7.99. The van der Waals surface area contributed by atoms with Gasteiger partial charge >= 0.3 is 11.9 Å². The molecule has 1 amide bonds. The van der Waals surface area contributed by atoms with Crippen LogP contribution in [0.1, 0.15) is 35.9 Å². The first-order valence-corrected chi connectivity index (χ1v) is 11.4. The van der Waals surface area contributed by atoms with Crippen molar-refractivity contribution in [2.75, 3.05) is 26.3 Å². The fraction of sp³-hybridized carbons (Fsp3) is 0.346. The molecular weight excluding hydrogens is 438 g/mol. The number of hydrogen-bond donors (Lipinski definition) is 0. The van der Waals surface area contributed by atoms with Crippen LogP contribution >= 0.6 is 0 Å². The summed E-state index contributed by atoms with van der Waals surface area (Å²) in [6.45, 7) is 2.65. The van der Waals surface area contributed by atoms with E-state index in [0.717, 1.165) is 5.39 Å². The van der Waals surface area contributed by atoms with Crippen molar-refractivity contribution in [3.8, 4) is 5.75 Å². The summed E-state index contributed by atoms with van der Waals surface area (Å²) in [5.41, 5.74) is 1.10. The summed E-state index contributed by atoms with van der Waals surface area (Å²) in [6, 6.07) is 16.5. The fourth-order valence-corrected chi connectivity index (χ4v) is 3.99. The summed E-state index contributed by atoms with van der Waals surface area (Å²) in [5, 5.41) is 0.748. The zero-order valence-corrected chi connectivity index (χ0v) is 19.0. The van der Waals surface area contributed by atoms with Crippen LogP contribution in [0.25, 0.3) is 11.0 Å². The third-order valence-electron chi connectivity index (χ3n) is 5.80. The van der Waals surface area contributed by atoms with Gasteiger partial charge in [-0.05, 0) is 38.0 Å². The van der Waals surface area contributed by atoms with Gasteiger partial charge in [-0.15, -0.1) is 0 Å². The predicted molar refractivity (Wildman–Crippen MR) is 123 cm³/mol. The number of carbonyl (C=O) groups is 3. The topological polar surface area (TPSA) is 95.3 Å². The van der Waals surface area contributed by atoms with Crippen LogP contribution in [0.5, 0.6) is 5.75 Å². The Morgan fingerprint density at radius 3 is 2.41 bits per heavy atom. The third kappa shape index (κ3) is 5.39. The van der Waals surface area contributed by atoms with Crippen LogP contribution in [-0.4, -0.2) is 49.0 Å². The summed E-state index contributed by atoms with van der Waals surface area (Å²) in [6.07, 6.45) is 1.06. The summed E-state index contributed by atoms with van der Waals surface area (Å²) < 4.78 is 22.0. The smallest absolute Gasteiger partial charge is 0.375 e. The van der Waals surface area contributed by atoms with E-state index >= 15 is 0 Å². The molecule has 0 bridgehead atoms. The molecule has 2 heterocycles. The van der Waals surface area contributed by atoms with E-state index in [1.807, 2.05) is 48.5 Å². The maximum atomic E-state index is 12.8. The van der Waals surface area contributed by atoms with Gasteiger partial charge in [-0.2, -0.15) is 0 Å². The second-order valence-electron chi connectivity index (χ2n) is 7.99. The molecule has 0 spiro atoms. The quantitative estimate of drug-likeness (QED) is 0.465. The summed E-state index contributed by atoms with van der Waals surface area (Å²) in [4.78, 5) is 38.9. The minimum Gasteiger partial charge on any atom is -0.489 e. The number of para-hydroxylation sites is 2. The highest BCUT2D eigenvalue weighted by Gasteiger charge is 2.29. The van der Waals surface area contributed by atoms with Crippen LogP contribution in [0.15, 0.2) is 59.0 Å². The minimum atomic E-state index is -0.724. The Kier molecular flexibility index (Phi) is 7.47. The SMILES string of the molecule is CCOC(=O)C1CCN(C(=O)COC(=O)c2oc3ccccc3c2COc2ccccc2)CC1. The molecule has 1 aliphatic heterocycles. The molecule has 0 N–H and O–H groups in total. The number of ether oxygens (including phenoxy) is 3. The van der Waals surface area contributed by atoms with Gasteiger partial charge in [0, 0.05) is 18.5 Å². The number of amides is 1. The first-order valence-electron chi connectivity index (χ1n) is 11.4. The molecule has 178 valence electrons. The van der Waals surface area contributed by atoms with Crippen LogP contribution in [0.4, 0.5) is 0 Å². The number of esters is 2. The summed E-state index contributed by atoms with van der Waals surface area (Å²) in [7, 11) is 0. The van der Waals surface area contributed by atoms with Crippen LogP contribution in [-0.2, 0) is 25.7 Å². The number of fused-ring (bicyclic) bond motifs is 1. The maximum absolute atomic E-state index is 12.8. The lowest BCUT2D eigenvalue weighted by Gasteiger charge is -2.30. The van der Waals surface area contributed by atoms with Crippen molar-refractivity contribution in [1.82, 2.24) is 4.90 Å². The van der Waals surface area contributed by atoms with Crippen molar-refractivity contribution < 1.29 is 33.0 Å². The average molecular weight is 466 g/mol. The van der Waals surface area contributed by atoms with Crippen molar-refractivity contribution in [3.63, 3.8) is 0 Å².